The Morgan fingerprint density at radius 1 is 1.04 bits per heavy atom. The predicted molar refractivity (Wildman–Crippen MR) is 172 cm³/mol. The highest BCUT2D eigenvalue weighted by Gasteiger charge is 2.25. The van der Waals surface area contributed by atoms with E-state index < -0.39 is 11.9 Å². The van der Waals surface area contributed by atoms with Crippen LogP contribution in [0.5, 0.6) is 17.2 Å². The van der Waals surface area contributed by atoms with Crippen LogP contribution in [0.1, 0.15) is 21.5 Å². The Balaban J connectivity index is 1.37. The Morgan fingerprint density at radius 3 is 2.53 bits per heavy atom. The SMILES string of the molecule is COc1ccc(C#N)c(Oc2cccc(CC(NC(=O)c3ccc4c(N5CCN(C)CC5)nc(N)nc4c3)C(=O)N(C)C)c2)c1. The summed E-state index contributed by atoms with van der Waals surface area (Å²) in [6.45, 7) is 3.43. The fraction of sp³-hybridized carbons (Fsp3) is 0.303. The van der Waals surface area contributed by atoms with E-state index in [0.717, 1.165) is 42.9 Å². The Bertz CT molecular complexity index is 1760. The van der Waals surface area contributed by atoms with E-state index in [4.69, 9.17) is 15.2 Å². The number of benzene rings is 3. The van der Waals surface area contributed by atoms with Crippen molar-refractivity contribution in [2.45, 2.75) is 12.5 Å². The van der Waals surface area contributed by atoms with Crippen molar-refractivity contribution < 1.29 is 19.1 Å². The maximum absolute atomic E-state index is 13.5. The lowest BCUT2D eigenvalue weighted by molar-refractivity contribution is -0.130. The summed E-state index contributed by atoms with van der Waals surface area (Å²) in [7, 11) is 6.90. The van der Waals surface area contributed by atoms with Crippen molar-refractivity contribution in [3.8, 4) is 23.3 Å². The number of carbonyl (C=O) groups is 2. The molecule has 0 radical (unpaired) electrons. The molecule has 0 spiro atoms. The van der Waals surface area contributed by atoms with Crippen LogP contribution in [-0.2, 0) is 11.2 Å². The van der Waals surface area contributed by atoms with Gasteiger partial charge in [0.2, 0.25) is 11.9 Å². The highest BCUT2D eigenvalue weighted by Crippen LogP contribution is 2.30. The average molecular weight is 609 g/mol. The first-order valence-corrected chi connectivity index (χ1v) is 14.5. The third-order valence-electron chi connectivity index (χ3n) is 7.68. The summed E-state index contributed by atoms with van der Waals surface area (Å²) >= 11 is 0. The van der Waals surface area contributed by atoms with Crippen molar-refractivity contribution in [3.63, 3.8) is 0 Å². The summed E-state index contributed by atoms with van der Waals surface area (Å²) in [5, 5.41) is 13.2. The minimum atomic E-state index is -0.860. The van der Waals surface area contributed by atoms with E-state index in [1.165, 1.54) is 12.0 Å². The maximum Gasteiger partial charge on any atom is 0.252 e. The van der Waals surface area contributed by atoms with Crippen molar-refractivity contribution in [2.24, 2.45) is 0 Å². The van der Waals surface area contributed by atoms with Crippen LogP contribution in [0, 0.1) is 11.3 Å². The summed E-state index contributed by atoms with van der Waals surface area (Å²) in [5.74, 6) is 1.57. The lowest BCUT2D eigenvalue weighted by Crippen LogP contribution is -2.47. The van der Waals surface area contributed by atoms with E-state index >= 15 is 0 Å². The van der Waals surface area contributed by atoms with Crippen molar-refractivity contribution in [2.75, 3.05) is 65.1 Å². The van der Waals surface area contributed by atoms with Gasteiger partial charge >= 0.3 is 0 Å². The predicted octanol–water partition coefficient (Wildman–Crippen LogP) is 3.07. The molecular weight excluding hydrogens is 572 g/mol. The molecule has 1 aliphatic heterocycles. The Morgan fingerprint density at radius 2 is 1.82 bits per heavy atom. The molecule has 3 aromatic carbocycles. The molecular formula is C33H36N8O4. The lowest BCUT2D eigenvalue weighted by Gasteiger charge is -2.33. The second-order valence-electron chi connectivity index (χ2n) is 11.1. The molecule has 3 N–H and O–H groups in total. The Labute approximate surface area is 262 Å². The molecule has 1 aliphatic rings. The molecule has 2 amide bonds. The van der Waals surface area contributed by atoms with Gasteiger partial charge in [-0.05, 0) is 55.1 Å². The summed E-state index contributed by atoms with van der Waals surface area (Å²) in [5.41, 5.74) is 8.08. The summed E-state index contributed by atoms with van der Waals surface area (Å²) < 4.78 is 11.3. The largest absolute Gasteiger partial charge is 0.497 e. The number of nitrogens with zero attached hydrogens (tertiary/aromatic N) is 6. The Kier molecular flexibility index (Phi) is 9.30. The number of amides is 2. The average Bonchev–Trinajstić information content (AvgIpc) is 3.03. The number of nitrogens with two attached hydrogens (primary N) is 1. The third-order valence-corrected chi connectivity index (χ3v) is 7.68. The van der Waals surface area contributed by atoms with Crippen LogP contribution in [0.3, 0.4) is 0 Å². The topological polar surface area (TPSA) is 150 Å². The van der Waals surface area contributed by atoms with Crippen LogP contribution in [-0.4, -0.2) is 92.1 Å². The Hall–Kier alpha value is -5.41. The number of likely N-dealkylation sites (N-methyl/N-ethyl adjacent to an activating group) is 2. The summed E-state index contributed by atoms with van der Waals surface area (Å²) in [6.07, 6.45) is 0.208. The number of ether oxygens (including phenoxy) is 2. The number of rotatable bonds is 9. The molecule has 0 bridgehead atoms. The van der Waals surface area contributed by atoms with Crippen molar-refractivity contribution in [3.05, 3.63) is 77.4 Å². The molecule has 5 rings (SSSR count). The van der Waals surface area contributed by atoms with Gasteiger partial charge in [0.25, 0.3) is 5.91 Å². The van der Waals surface area contributed by atoms with E-state index in [1.807, 2.05) is 12.1 Å². The zero-order valence-corrected chi connectivity index (χ0v) is 25.8. The van der Waals surface area contributed by atoms with E-state index in [2.05, 4.69) is 38.2 Å². The number of aromatic nitrogens is 2. The molecule has 1 atom stereocenters. The van der Waals surface area contributed by atoms with Gasteiger partial charge in [0.1, 0.15) is 35.2 Å². The number of fused-ring (bicyclic) bond motifs is 1. The fourth-order valence-electron chi connectivity index (χ4n) is 5.19. The van der Waals surface area contributed by atoms with Gasteiger partial charge < -0.3 is 35.2 Å². The number of hydrogen-bond acceptors (Lipinski definition) is 10. The van der Waals surface area contributed by atoms with Gasteiger partial charge in [0.05, 0.1) is 18.2 Å². The number of hydrogen-bond donors (Lipinski definition) is 2. The molecule has 45 heavy (non-hydrogen) atoms. The van der Waals surface area contributed by atoms with Crippen LogP contribution in [0.4, 0.5) is 11.8 Å². The van der Waals surface area contributed by atoms with Crippen molar-refractivity contribution in [1.29, 1.82) is 5.26 Å². The highest BCUT2D eigenvalue weighted by atomic mass is 16.5. The van der Waals surface area contributed by atoms with Gasteiger partial charge in [-0.1, -0.05) is 12.1 Å². The number of methoxy groups -OCH3 is 1. The van der Waals surface area contributed by atoms with Crippen LogP contribution in [0.25, 0.3) is 10.9 Å². The minimum absolute atomic E-state index is 0.132. The van der Waals surface area contributed by atoms with Crippen LogP contribution >= 0.6 is 0 Å². The fourth-order valence-corrected chi connectivity index (χ4v) is 5.19. The van der Waals surface area contributed by atoms with Gasteiger partial charge in [0, 0.05) is 63.7 Å². The van der Waals surface area contributed by atoms with Gasteiger partial charge in [-0.15, -0.1) is 0 Å². The van der Waals surface area contributed by atoms with E-state index in [9.17, 15) is 14.9 Å². The molecule has 12 nitrogen and oxygen atoms in total. The summed E-state index contributed by atoms with van der Waals surface area (Å²) in [4.78, 5) is 41.5. The number of nitrogen functional groups attached to an aromatic ring is 1. The highest BCUT2D eigenvalue weighted by molar-refractivity contribution is 6.02. The molecule has 1 fully saturated rings. The zero-order chi connectivity index (χ0) is 32.1. The maximum atomic E-state index is 13.5. The molecule has 0 saturated carbocycles. The monoisotopic (exact) mass is 608 g/mol. The summed E-state index contributed by atoms with van der Waals surface area (Å²) in [6, 6.07) is 18.6. The lowest BCUT2D eigenvalue weighted by atomic mass is 10.0. The minimum Gasteiger partial charge on any atom is -0.497 e. The third kappa shape index (κ3) is 7.22. The molecule has 4 aromatic rings. The van der Waals surface area contributed by atoms with Crippen LogP contribution in [0.15, 0.2) is 60.7 Å². The van der Waals surface area contributed by atoms with Gasteiger partial charge in [-0.3, -0.25) is 9.59 Å². The quantitative estimate of drug-likeness (QED) is 0.290. The molecule has 1 unspecified atom stereocenters. The second-order valence-corrected chi connectivity index (χ2v) is 11.1. The first kappa shape index (κ1) is 31.0. The number of piperazine rings is 1. The van der Waals surface area contributed by atoms with E-state index in [1.54, 1.807) is 62.6 Å². The molecule has 12 heteroatoms. The zero-order valence-electron chi connectivity index (χ0n) is 25.8. The smallest absolute Gasteiger partial charge is 0.252 e. The molecule has 0 aliphatic carbocycles. The number of nitriles is 1. The van der Waals surface area contributed by atoms with Gasteiger partial charge in [-0.2, -0.15) is 10.2 Å². The molecule has 232 valence electrons. The van der Waals surface area contributed by atoms with Crippen LogP contribution < -0.4 is 25.4 Å². The van der Waals surface area contributed by atoms with E-state index in [-0.39, 0.29) is 18.3 Å². The number of anilines is 2. The number of carbonyl (C=O) groups excluding carboxylic acids is 2. The first-order valence-electron chi connectivity index (χ1n) is 14.5. The van der Waals surface area contributed by atoms with Crippen molar-refractivity contribution >= 4 is 34.5 Å². The van der Waals surface area contributed by atoms with Crippen molar-refractivity contribution in [1.82, 2.24) is 25.1 Å². The molecule has 1 saturated heterocycles. The molecule has 1 aromatic heterocycles. The standard InChI is InChI=1S/C33H36N8O4/c1-39(2)32(43)28(17-21-6-5-7-25(16-21)45-29-19-24(44-4)10-8-23(29)20-34)36-31(42)22-9-11-26-27(18-22)37-33(35)38-30(26)41-14-12-40(3)13-15-41/h5-11,16,18-19,28H,12-15,17H2,1-4H3,(H,36,42)(H2,35,37,38). The van der Waals surface area contributed by atoms with Gasteiger partial charge in [0.15, 0.2) is 0 Å². The second kappa shape index (κ2) is 13.5. The normalized spacial score (nSPS) is 14.0. The van der Waals surface area contributed by atoms with E-state index in [0.29, 0.717) is 33.9 Å². The number of nitrogens with one attached hydrogen (secondary N) is 1. The van der Waals surface area contributed by atoms with Crippen LogP contribution in [0.2, 0.25) is 0 Å². The van der Waals surface area contributed by atoms with Gasteiger partial charge in [-0.25, -0.2) is 4.98 Å². The first-order chi connectivity index (χ1) is 21.6. The molecule has 2 heterocycles.